The molecule has 0 aromatic heterocycles. The van der Waals surface area contributed by atoms with E-state index in [0.29, 0.717) is 47.7 Å². The van der Waals surface area contributed by atoms with Crippen LogP contribution in [0.4, 0.5) is 0 Å². The van der Waals surface area contributed by atoms with Crippen LogP contribution in [0, 0.1) is 0 Å². The van der Waals surface area contributed by atoms with Gasteiger partial charge in [0, 0.05) is 24.3 Å². The lowest BCUT2D eigenvalue weighted by Crippen LogP contribution is -2.20. The second-order valence-electron chi connectivity index (χ2n) is 6.32. The van der Waals surface area contributed by atoms with Crippen molar-refractivity contribution in [2.24, 2.45) is 0 Å². The second-order valence-corrected chi connectivity index (χ2v) is 6.32. The molecule has 0 aliphatic carbocycles. The third-order valence-corrected chi connectivity index (χ3v) is 4.52. The first-order chi connectivity index (χ1) is 14.6. The number of methoxy groups -OCH3 is 4. The Morgan fingerprint density at radius 2 is 1.57 bits per heavy atom. The molecule has 0 radical (unpaired) electrons. The summed E-state index contributed by atoms with van der Waals surface area (Å²) in [6.45, 7) is 1.20. The van der Waals surface area contributed by atoms with E-state index in [-0.39, 0.29) is 12.5 Å². The molecule has 3 rings (SSSR count). The van der Waals surface area contributed by atoms with Crippen LogP contribution in [0.3, 0.4) is 0 Å². The van der Waals surface area contributed by atoms with Crippen LogP contribution < -0.4 is 33.7 Å². The minimum absolute atomic E-state index is 0.261. The molecule has 1 aliphatic heterocycles. The number of fused-ring (bicyclic) bond motifs is 1. The van der Waals surface area contributed by atoms with Crippen molar-refractivity contribution in [3.8, 4) is 34.5 Å². The van der Waals surface area contributed by atoms with Crippen molar-refractivity contribution >= 4 is 12.0 Å². The summed E-state index contributed by atoms with van der Waals surface area (Å²) < 4.78 is 32.5. The molecule has 2 aromatic rings. The fourth-order valence-electron chi connectivity index (χ4n) is 3.03. The van der Waals surface area contributed by atoms with Gasteiger partial charge >= 0.3 is 0 Å². The SMILES string of the molecule is COc1cc(OC)c(OC)cc1CNC(=O)C=Cc1cc(OC)c2c(c1)OCCO2. The highest BCUT2D eigenvalue weighted by atomic mass is 16.6. The second kappa shape index (κ2) is 9.78. The van der Waals surface area contributed by atoms with E-state index in [2.05, 4.69) is 5.32 Å². The molecule has 0 fully saturated rings. The molecule has 0 saturated carbocycles. The topological polar surface area (TPSA) is 84.5 Å². The van der Waals surface area contributed by atoms with Crippen LogP contribution in [-0.4, -0.2) is 47.6 Å². The van der Waals surface area contributed by atoms with Gasteiger partial charge in [0.05, 0.1) is 28.4 Å². The van der Waals surface area contributed by atoms with Gasteiger partial charge in [-0.2, -0.15) is 0 Å². The van der Waals surface area contributed by atoms with Gasteiger partial charge in [0.15, 0.2) is 23.0 Å². The number of hydrogen-bond donors (Lipinski definition) is 1. The maximum Gasteiger partial charge on any atom is 0.244 e. The number of carbonyl (C=O) groups excluding carboxylic acids is 1. The van der Waals surface area contributed by atoms with Crippen molar-refractivity contribution in [3.05, 3.63) is 41.5 Å². The Bertz CT molecular complexity index is 922. The Hall–Kier alpha value is -3.55. The van der Waals surface area contributed by atoms with Crippen molar-refractivity contribution in [1.29, 1.82) is 0 Å². The van der Waals surface area contributed by atoms with E-state index in [1.165, 1.54) is 6.08 Å². The quantitative estimate of drug-likeness (QED) is 0.664. The van der Waals surface area contributed by atoms with E-state index in [1.54, 1.807) is 58.8 Å². The molecule has 0 saturated heterocycles. The van der Waals surface area contributed by atoms with Gasteiger partial charge in [0.1, 0.15) is 19.0 Å². The van der Waals surface area contributed by atoms with Gasteiger partial charge in [-0.1, -0.05) is 0 Å². The van der Waals surface area contributed by atoms with Gasteiger partial charge in [-0.05, 0) is 29.8 Å². The van der Waals surface area contributed by atoms with Crippen LogP contribution in [0.15, 0.2) is 30.3 Å². The van der Waals surface area contributed by atoms with E-state index in [4.69, 9.17) is 28.4 Å². The Morgan fingerprint density at radius 1 is 0.900 bits per heavy atom. The number of benzene rings is 2. The minimum Gasteiger partial charge on any atom is -0.496 e. The first-order valence-corrected chi connectivity index (χ1v) is 9.32. The first-order valence-electron chi connectivity index (χ1n) is 9.32. The van der Waals surface area contributed by atoms with Crippen molar-refractivity contribution in [2.75, 3.05) is 41.7 Å². The lowest BCUT2D eigenvalue weighted by molar-refractivity contribution is -0.116. The van der Waals surface area contributed by atoms with E-state index in [0.717, 1.165) is 11.1 Å². The molecular formula is C22H25NO7. The summed E-state index contributed by atoms with van der Waals surface area (Å²) in [7, 11) is 6.22. The first kappa shape index (κ1) is 21.2. The molecule has 1 amide bonds. The molecule has 0 atom stereocenters. The van der Waals surface area contributed by atoms with Crippen molar-refractivity contribution in [1.82, 2.24) is 5.32 Å². The number of amides is 1. The largest absolute Gasteiger partial charge is 0.496 e. The third-order valence-electron chi connectivity index (χ3n) is 4.52. The van der Waals surface area contributed by atoms with Crippen LogP contribution in [0.5, 0.6) is 34.5 Å². The van der Waals surface area contributed by atoms with Crippen molar-refractivity contribution in [3.63, 3.8) is 0 Å². The molecule has 8 heteroatoms. The average molecular weight is 415 g/mol. The zero-order valence-electron chi connectivity index (χ0n) is 17.4. The van der Waals surface area contributed by atoms with E-state index < -0.39 is 0 Å². The molecule has 1 aliphatic rings. The maximum absolute atomic E-state index is 12.3. The smallest absolute Gasteiger partial charge is 0.244 e. The monoisotopic (exact) mass is 415 g/mol. The summed E-state index contributed by atoms with van der Waals surface area (Å²) in [6, 6.07) is 7.08. The molecule has 160 valence electrons. The minimum atomic E-state index is -0.263. The normalized spacial score (nSPS) is 12.4. The summed E-state index contributed by atoms with van der Waals surface area (Å²) in [4.78, 5) is 12.3. The zero-order valence-corrected chi connectivity index (χ0v) is 17.4. The lowest BCUT2D eigenvalue weighted by atomic mass is 10.1. The molecule has 8 nitrogen and oxygen atoms in total. The molecular weight excluding hydrogens is 390 g/mol. The number of hydrogen-bond acceptors (Lipinski definition) is 7. The highest BCUT2D eigenvalue weighted by Crippen LogP contribution is 2.40. The van der Waals surface area contributed by atoms with Crippen LogP contribution in [0.1, 0.15) is 11.1 Å². The highest BCUT2D eigenvalue weighted by molar-refractivity contribution is 5.92. The number of ether oxygens (including phenoxy) is 6. The third kappa shape index (κ3) is 4.71. The Labute approximate surface area is 175 Å². The predicted octanol–water partition coefficient (Wildman–Crippen LogP) is 2.82. The summed E-state index contributed by atoms with van der Waals surface area (Å²) in [6.07, 6.45) is 3.13. The van der Waals surface area contributed by atoms with E-state index in [1.807, 2.05) is 0 Å². The predicted molar refractivity (Wildman–Crippen MR) is 111 cm³/mol. The Kier molecular flexibility index (Phi) is 6.90. The van der Waals surface area contributed by atoms with Crippen molar-refractivity contribution < 1.29 is 33.2 Å². The molecule has 30 heavy (non-hydrogen) atoms. The van der Waals surface area contributed by atoms with Gasteiger partial charge in [0.2, 0.25) is 11.7 Å². The highest BCUT2D eigenvalue weighted by Gasteiger charge is 2.18. The lowest BCUT2D eigenvalue weighted by Gasteiger charge is -2.20. The van der Waals surface area contributed by atoms with Gasteiger partial charge in [0.25, 0.3) is 0 Å². The van der Waals surface area contributed by atoms with Crippen LogP contribution in [-0.2, 0) is 11.3 Å². The summed E-state index contributed by atoms with van der Waals surface area (Å²) >= 11 is 0. The van der Waals surface area contributed by atoms with Crippen LogP contribution in [0.25, 0.3) is 6.08 Å². The number of carbonyl (C=O) groups is 1. The summed E-state index contributed by atoms with van der Waals surface area (Å²) in [5.41, 5.74) is 1.52. The molecule has 0 unspecified atom stereocenters. The molecule has 2 aromatic carbocycles. The number of rotatable bonds is 8. The van der Waals surface area contributed by atoms with Gasteiger partial charge in [-0.3, -0.25) is 4.79 Å². The number of nitrogens with one attached hydrogen (secondary N) is 1. The molecule has 1 N–H and O–H groups in total. The van der Waals surface area contributed by atoms with E-state index >= 15 is 0 Å². The van der Waals surface area contributed by atoms with Crippen molar-refractivity contribution in [2.45, 2.75) is 6.54 Å². The van der Waals surface area contributed by atoms with Crippen LogP contribution >= 0.6 is 0 Å². The van der Waals surface area contributed by atoms with Gasteiger partial charge in [-0.25, -0.2) is 0 Å². The molecule has 1 heterocycles. The zero-order chi connectivity index (χ0) is 21.5. The van der Waals surface area contributed by atoms with Crippen LogP contribution in [0.2, 0.25) is 0 Å². The standard InChI is InChI=1S/C22H25NO7/c1-25-16-12-18(27-3)17(26-2)11-15(16)13-23-21(24)6-5-14-9-19(28-4)22-20(10-14)29-7-8-30-22/h5-6,9-12H,7-8,13H2,1-4H3,(H,23,24). The fourth-order valence-corrected chi connectivity index (χ4v) is 3.03. The summed E-state index contributed by atoms with van der Waals surface area (Å²) in [5.74, 6) is 3.16. The Morgan fingerprint density at radius 3 is 2.27 bits per heavy atom. The molecule has 0 bridgehead atoms. The summed E-state index contributed by atoms with van der Waals surface area (Å²) in [5, 5.41) is 2.83. The Balaban J connectivity index is 1.70. The molecule has 0 spiro atoms. The van der Waals surface area contributed by atoms with Gasteiger partial charge < -0.3 is 33.7 Å². The fraction of sp³-hybridized carbons (Fsp3) is 0.318. The maximum atomic E-state index is 12.3. The average Bonchev–Trinajstić information content (AvgIpc) is 2.79. The van der Waals surface area contributed by atoms with E-state index in [9.17, 15) is 4.79 Å². The van der Waals surface area contributed by atoms with Gasteiger partial charge in [-0.15, -0.1) is 0 Å².